The van der Waals surface area contributed by atoms with E-state index in [0.29, 0.717) is 5.75 Å². The van der Waals surface area contributed by atoms with Crippen LogP contribution >= 0.6 is 11.8 Å². The number of thioether (sulfide) groups is 1. The fourth-order valence-corrected chi connectivity index (χ4v) is 3.45. The number of aromatic nitrogens is 4. The molecule has 1 atom stereocenters. The van der Waals surface area contributed by atoms with Crippen LogP contribution in [0.4, 0.5) is 0 Å². The SMILES string of the molecule is CCn1c(SCC(=O)N[C@@H](C)c2ccccc2)nnc1-c1ccncc1. The molecule has 1 aromatic carbocycles. The molecule has 0 saturated heterocycles. The second-order valence-corrected chi connectivity index (χ2v) is 6.72. The summed E-state index contributed by atoms with van der Waals surface area (Å²) < 4.78 is 2.01. The lowest BCUT2D eigenvalue weighted by molar-refractivity contribution is -0.119. The van der Waals surface area contributed by atoms with Crippen LogP contribution < -0.4 is 5.32 Å². The largest absolute Gasteiger partial charge is 0.349 e. The summed E-state index contributed by atoms with van der Waals surface area (Å²) in [6.45, 7) is 4.75. The highest BCUT2D eigenvalue weighted by molar-refractivity contribution is 7.99. The van der Waals surface area contributed by atoms with E-state index in [4.69, 9.17) is 0 Å². The first-order chi connectivity index (χ1) is 12.7. The Kier molecular flexibility index (Phi) is 6.01. The summed E-state index contributed by atoms with van der Waals surface area (Å²) in [5, 5.41) is 12.3. The van der Waals surface area contributed by atoms with E-state index in [1.807, 2.05) is 60.9 Å². The molecule has 2 heterocycles. The molecule has 26 heavy (non-hydrogen) atoms. The molecule has 0 bridgehead atoms. The molecule has 1 amide bonds. The topological polar surface area (TPSA) is 72.7 Å². The van der Waals surface area contributed by atoms with E-state index < -0.39 is 0 Å². The lowest BCUT2D eigenvalue weighted by Gasteiger charge is -2.14. The molecule has 0 aliphatic carbocycles. The van der Waals surface area contributed by atoms with E-state index in [1.54, 1.807) is 12.4 Å². The Hall–Kier alpha value is -2.67. The van der Waals surface area contributed by atoms with Crippen molar-refractivity contribution < 1.29 is 4.79 Å². The Labute approximate surface area is 157 Å². The van der Waals surface area contributed by atoms with Crippen LogP contribution in [0.5, 0.6) is 0 Å². The van der Waals surface area contributed by atoms with Gasteiger partial charge < -0.3 is 9.88 Å². The van der Waals surface area contributed by atoms with Crippen LogP contribution in [0.1, 0.15) is 25.5 Å². The van der Waals surface area contributed by atoms with Gasteiger partial charge in [0, 0.05) is 24.5 Å². The number of pyridine rings is 1. The molecular weight excluding hydrogens is 346 g/mol. The van der Waals surface area contributed by atoms with Gasteiger partial charge in [-0.2, -0.15) is 0 Å². The van der Waals surface area contributed by atoms with Crippen molar-refractivity contribution in [3.63, 3.8) is 0 Å². The van der Waals surface area contributed by atoms with E-state index in [-0.39, 0.29) is 11.9 Å². The van der Waals surface area contributed by atoms with E-state index in [2.05, 4.69) is 20.5 Å². The standard InChI is InChI=1S/C19H21N5OS/c1-3-24-18(16-9-11-20-12-10-16)22-23-19(24)26-13-17(25)21-14(2)15-7-5-4-6-8-15/h4-12,14H,3,13H2,1-2H3,(H,21,25)/t14-/m0/s1. The van der Waals surface area contributed by atoms with Crippen LogP contribution in [0, 0.1) is 0 Å². The summed E-state index contributed by atoms with van der Waals surface area (Å²) in [5.41, 5.74) is 2.05. The van der Waals surface area contributed by atoms with Crippen LogP contribution in [0.25, 0.3) is 11.4 Å². The summed E-state index contributed by atoms with van der Waals surface area (Å²) in [7, 11) is 0. The van der Waals surface area contributed by atoms with Gasteiger partial charge in [-0.15, -0.1) is 10.2 Å². The van der Waals surface area contributed by atoms with Gasteiger partial charge in [-0.05, 0) is 31.5 Å². The van der Waals surface area contributed by atoms with Crippen LogP contribution in [0.15, 0.2) is 60.0 Å². The first-order valence-electron chi connectivity index (χ1n) is 8.49. The number of amides is 1. The zero-order valence-electron chi connectivity index (χ0n) is 14.8. The monoisotopic (exact) mass is 367 g/mol. The number of nitrogens with zero attached hydrogens (tertiary/aromatic N) is 4. The molecule has 134 valence electrons. The first kappa shape index (κ1) is 18.1. The van der Waals surface area contributed by atoms with Crippen molar-refractivity contribution in [3.8, 4) is 11.4 Å². The number of nitrogens with one attached hydrogen (secondary N) is 1. The van der Waals surface area contributed by atoms with Gasteiger partial charge in [0.1, 0.15) is 0 Å². The third kappa shape index (κ3) is 4.29. The van der Waals surface area contributed by atoms with Gasteiger partial charge in [-0.25, -0.2) is 0 Å². The van der Waals surface area contributed by atoms with Crippen LogP contribution in [-0.4, -0.2) is 31.4 Å². The van der Waals surface area contributed by atoms with Gasteiger partial charge >= 0.3 is 0 Å². The lowest BCUT2D eigenvalue weighted by atomic mass is 10.1. The molecule has 0 unspecified atom stereocenters. The fourth-order valence-electron chi connectivity index (χ4n) is 2.63. The summed E-state index contributed by atoms with van der Waals surface area (Å²) in [6, 6.07) is 13.7. The molecule has 0 aliphatic rings. The summed E-state index contributed by atoms with van der Waals surface area (Å²) in [4.78, 5) is 16.3. The maximum Gasteiger partial charge on any atom is 0.230 e. The molecular formula is C19H21N5OS. The van der Waals surface area contributed by atoms with Gasteiger partial charge in [0.15, 0.2) is 11.0 Å². The molecule has 0 radical (unpaired) electrons. The van der Waals surface area contributed by atoms with Crippen LogP contribution in [-0.2, 0) is 11.3 Å². The predicted molar refractivity (Wildman–Crippen MR) is 103 cm³/mol. The van der Waals surface area contributed by atoms with Crippen LogP contribution in [0.2, 0.25) is 0 Å². The molecule has 3 rings (SSSR count). The van der Waals surface area contributed by atoms with Gasteiger partial charge in [-0.3, -0.25) is 9.78 Å². The van der Waals surface area contributed by atoms with E-state index in [1.165, 1.54) is 11.8 Å². The van der Waals surface area contributed by atoms with Crippen molar-refractivity contribution in [2.45, 2.75) is 31.6 Å². The van der Waals surface area contributed by atoms with E-state index in [9.17, 15) is 4.79 Å². The number of carbonyl (C=O) groups is 1. The van der Waals surface area contributed by atoms with Crippen molar-refractivity contribution in [1.29, 1.82) is 0 Å². The lowest BCUT2D eigenvalue weighted by Crippen LogP contribution is -2.28. The summed E-state index contributed by atoms with van der Waals surface area (Å²) in [5.74, 6) is 1.06. The third-order valence-electron chi connectivity index (χ3n) is 3.98. The van der Waals surface area contributed by atoms with Crippen molar-refractivity contribution >= 4 is 17.7 Å². The first-order valence-corrected chi connectivity index (χ1v) is 9.48. The van der Waals surface area contributed by atoms with Gasteiger partial charge in [0.2, 0.25) is 5.91 Å². The van der Waals surface area contributed by atoms with Crippen molar-refractivity contribution in [1.82, 2.24) is 25.1 Å². The fraction of sp³-hybridized carbons (Fsp3) is 0.263. The van der Waals surface area contributed by atoms with Crippen molar-refractivity contribution in [2.24, 2.45) is 0 Å². The molecule has 0 fully saturated rings. The number of hydrogen-bond acceptors (Lipinski definition) is 5. The third-order valence-corrected chi connectivity index (χ3v) is 4.95. The molecule has 0 saturated carbocycles. The zero-order valence-corrected chi connectivity index (χ0v) is 15.6. The molecule has 2 aromatic heterocycles. The molecule has 3 aromatic rings. The number of hydrogen-bond donors (Lipinski definition) is 1. The molecule has 1 N–H and O–H groups in total. The number of benzene rings is 1. The van der Waals surface area contributed by atoms with E-state index in [0.717, 1.165) is 28.7 Å². The maximum absolute atomic E-state index is 12.3. The molecule has 7 heteroatoms. The second kappa shape index (κ2) is 8.62. The summed E-state index contributed by atoms with van der Waals surface area (Å²) in [6.07, 6.45) is 3.46. The smallest absolute Gasteiger partial charge is 0.230 e. The van der Waals surface area contributed by atoms with Crippen molar-refractivity contribution in [3.05, 3.63) is 60.4 Å². The molecule has 6 nitrogen and oxygen atoms in total. The number of rotatable bonds is 7. The van der Waals surface area contributed by atoms with Crippen LogP contribution in [0.3, 0.4) is 0 Å². The minimum atomic E-state index is -0.0271. The van der Waals surface area contributed by atoms with Crippen molar-refractivity contribution in [2.75, 3.05) is 5.75 Å². The van der Waals surface area contributed by atoms with Gasteiger partial charge in [-0.1, -0.05) is 42.1 Å². The Morgan fingerprint density at radius 1 is 1.15 bits per heavy atom. The Morgan fingerprint density at radius 2 is 1.88 bits per heavy atom. The highest BCUT2D eigenvalue weighted by Crippen LogP contribution is 2.23. The number of carbonyl (C=O) groups excluding carboxylic acids is 1. The molecule has 0 spiro atoms. The minimum Gasteiger partial charge on any atom is -0.349 e. The van der Waals surface area contributed by atoms with Gasteiger partial charge in [0.25, 0.3) is 0 Å². The zero-order chi connectivity index (χ0) is 18.4. The quantitative estimate of drug-likeness (QED) is 0.649. The highest BCUT2D eigenvalue weighted by Gasteiger charge is 2.15. The predicted octanol–water partition coefficient (Wildman–Crippen LogP) is 3.33. The van der Waals surface area contributed by atoms with Gasteiger partial charge in [0.05, 0.1) is 11.8 Å². The normalized spacial score (nSPS) is 11.9. The Morgan fingerprint density at radius 3 is 2.58 bits per heavy atom. The average molecular weight is 367 g/mol. The van der Waals surface area contributed by atoms with E-state index >= 15 is 0 Å². The second-order valence-electron chi connectivity index (χ2n) is 5.77. The summed E-state index contributed by atoms with van der Waals surface area (Å²) >= 11 is 1.39. The maximum atomic E-state index is 12.3. The molecule has 0 aliphatic heterocycles. The Bertz CT molecular complexity index is 851. The Balaban J connectivity index is 1.63. The minimum absolute atomic E-state index is 0.0255. The highest BCUT2D eigenvalue weighted by atomic mass is 32.2. The average Bonchev–Trinajstić information content (AvgIpc) is 3.10.